The van der Waals surface area contributed by atoms with Crippen molar-refractivity contribution >= 4 is 0 Å². The van der Waals surface area contributed by atoms with Gasteiger partial charge in [0.15, 0.2) is 0 Å². The molecule has 2 heteroatoms. The van der Waals surface area contributed by atoms with E-state index in [1.165, 1.54) is 38.0 Å². The lowest BCUT2D eigenvalue weighted by molar-refractivity contribution is -0.906. The van der Waals surface area contributed by atoms with Crippen LogP contribution in [-0.4, -0.2) is 26.2 Å². The lowest BCUT2D eigenvalue weighted by Gasteiger charge is -2.27. The number of benzene rings is 1. The van der Waals surface area contributed by atoms with E-state index in [4.69, 9.17) is 4.74 Å². The summed E-state index contributed by atoms with van der Waals surface area (Å²) in [6, 6.07) is 8.45. The molecule has 20 heavy (non-hydrogen) atoms. The van der Waals surface area contributed by atoms with Crippen molar-refractivity contribution in [2.75, 3.05) is 26.2 Å². The second kappa shape index (κ2) is 7.68. The zero-order chi connectivity index (χ0) is 14.4. The summed E-state index contributed by atoms with van der Waals surface area (Å²) in [7, 11) is 0. The van der Waals surface area contributed by atoms with Gasteiger partial charge in [0.05, 0.1) is 26.2 Å². The van der Waals surface area contributed by atoms with Gasteiger partial charge in [-0.1, -0.05) is 39.0 Å². The maximum atomic E-state index is 6.00. The maximum absolute atomic E-state index is 6.00. The Morgan fingerprint density at radius 1 is 1.20 bits per heavy atom. The number of rotatable bonds is 6. The van der Waals surface area contributed by atoms with Gasteiger partial charge >= 0.3 is 0 Å². The van der Waals surface area contributed by atoms with Gasteiger partial charge < -0.3 is 9.64 Å². The van der Waals surface area contributed by atoms with Crippen LogP contribution >= 0.6 is 0 Å². The molecule has 0 spiro atoms. The van der Waals surface area contributed by atoms with Crippen LogP contribution in [0.15, 0.2) is 24.3 Å². The Hall–Kier alpha value is -1.02. The molecule has 0 unspecified atom stereocenters. The first-order valence-corrected chi connectivity index (χ1v) is 8.22. The van der Waals surface area contributed by atoms with Crippen LogP contribution in [0.1, 0.15) is 51.5 Å². The molecule has 1 N–H and O–H groups in total. The number of piperidine rings is 1. The SMILES string of the molecule is CC1CC[NH+](CCCOc2ccccc2C(C)C)CC1. The minimum Gasteiger partial charge on any atom is -0.493 e. The van der Waals surface area contributed by atoms with Crippen LogP contribution in [0.4, 0.5) is 0 Å². The first kappa shape index (κ1) is 15.4. The predicted molar refractivity (Wildman–Crippen MR) is 84.6 cm³/mol. The van der Waals surface area contributed by atoms with Crippen LogP contribution in [0.2, 0.25) is 0 Å². The Morgan fingerprint density at radius 2 is 1.90 bits per heavy atom. The molecule has 0 radical (unpaired) electrons. The van der Waals surface area contributed by atoms with Crippen molar-refractivity contribution in [3.8, 4) is 5.75 Å². The number of nitrogens with one attached hydrogen (secondary N) is 1. The highest BCUT2D eigenvalue weighted by molar-refractivity contribution is 5.35. The van der Waals surface area contributed by atoms with Crippen LogP contribution in [0.3, 0.4) is 0 Å². The van der Waals surface area contributed by atoms with Gasteiger partial charge in [-0.05, 0) is 36.3 Å². The zero-order valence-corrected chi connectivity index (χ0v) is 13.3. The van der Waals surface area contributed by atoms with Crippen molar-refractivity contribution in [1.82, 2.24) is 0 Å². The van der Waals surface area contributed by atoms with E-state index in [9.17, 15) is 0 Å². The Morgan fingerprint density at radius 3 is 2.60 bits per heavy atom. The third-order valence-corrected chi connectivity index (χ3v) is 4.45. The Kier molecular flexibility index (Phi) is 5.90. The van der Waals surface area contributed by atoms with E-state index in [0.29, 0.717) is 5.92 Å². The average molecular weight is 276 g/mol. The quantitative estimate of drug-likeness (QED) is 0.789. The molecule has 0 amide bonds. The van der Waals surface area contributed by atoms with E-state index < -0.39 is 0 Å². The second-order valence-corrected chi connectivity index (χ2v) is 6.58. The van der Waals surface area contributed by atoms with E-state index >= 15 is 0 Å². The van der Waals surface area contributed by atoms with Crippen molar-refractivity contribution in [3.05, 3.63) is 29.8 Å². The smallest absolute Gasteiger partial charge is 0.122 e. The Bertz CT molecular complexity index is 394. The number of para-hydroxylation sites is 1. The van der Waals surface area contributed by atoms with Crippen LogP contribution in [-0.2, 0) is 0 Å². The summed E-state index contributed by atoms with van der Waals surface area (Å²) in [4.78, 5) is 1.77. The summed E-state index contributed by atoms with van der Waals surface area (Å²) < 4.78 is 6.00. The van der Waals surface area contributed by atoms with Crippen molar-refractivity contribution in [1.29, 1.82) is 0 Å². The molecule has 1 aromatic rings. The first-order valence-electron chi connectivity index (χ1n) is 8.22. The van der Waals surface area contributed by atoms with Gasteiger partial charge in [0, 0.05) is 6.42 Å². The van der Waals surface area contributed by atoms with Gasteiger partial charge in [0.2, 0.25) is 0 Å². The number of hydrogen-bond donors (Lipinski definition) is 1. The van der Waals surface area contributed by atoms with Gasteiger partial charge in [-0.25, -0.2) is 0 Å². The molecule has 0 saturated carbocycles. The highest BCUT2D eigenvalue weighted by atomic mass is 16.5. The minimum atomic E-state index is 0.528. The summed E-state index contributed by atoms with van der Waals surface area (Å²) in [5, 5.41) is 0. The van der Waals surface area contributed by atoms with E-state index in [1.54, 1.807) is 4.90 Å². The van der Waals surface area contributed by atoms with E-state index in [2.05, 4.69) is 45.0 Å². The number of quaternary nitrogens is 1. The van der Waals surface area contributed by atoms with Gasteiger partial charge in [-0.3, -0.25) is 0 Å². The van der Waals surface area contributed by atoms with Gasteiger partial charge in [-0.15, -0.1) is 0 Å². The molecular formula is C18H30NO+. The van der Waals surface area contributed by atoms with Gasteiger partial charge in [0.25, 0.3) is 0 Å². The molecule has 1 saturated heterocycles. The fourth-order valence-electron chi connectivity index (χ4n) is 3.01. The Labute approximate surface area is 124 Å². The molecule has 1 fully saturated rings. The molecule has 2 rings (SSSR count). The van der Waals surface area contributed by atoms with Crippen molar-refractivity contribution in [2.45, 2.75) is 46.0 Å². The normalized spacial score (nSPS) is 23.0. The summed E-state index contributed by atoms with van der Waals surface area (Å²) in [5.74, 6) is 2.54. The van der Waals surface area contributed by atoms with Crippen LogP contribution in [0.5, 0.6) is 5.75 Å². The molecule has 112 valence electrons. The second-order valence-electron chi connectivity index (χ2n) is 6.58. The topological polar surface area (TPSA) is 13.7 Å². The molecule has 0 aromatic heterocycles. The molecule has 0 bridgehead atoms. The van der Waals surface area contributed by atoms with Crippen molar-refractivity contribution in [3.63, 3.8) is 0 Å². The van der Waals surface area contributed by atoms with E-state index in [-0.39, 0.29) is 0 Å². The molecule has 1 aromatic carbocycles. The summed E-state index contributed by atoms with van der Waals surface area (Å²) in [6.07, 6.45) is 3.95. The zero-order valence-electron chi connectivity index (χ0n) is 13.3. The molecular weight excluding hydrogens is 246 g/mol. The van der Waals surface area contributed by atoms with Crippen molar-refractivity contribution < 1.29 is 9.64 Å². The number of hydrogen-bond acceptors (Lipinski definition) is 1. The summed E-state index contributed by atoms with van der Waals surface area (Å²) in [5.41, 5.74) is 1.33. The lowest BCUT2D eigenvalue weighted by atomic mass is 9.99. The number of likely N-dealkylation sites (tertiary alicyclic amines) is 1. The fraction of sp³-hybridized carbons (Fsp3) is 0.667. The highest BCUT2D eigenvalue weighted by Gasteiger charge is 2.18. The lowest BCUT2D eigenvalue weighted by Crippen LogP contribution is -3.13. The fourth-order valence-corrected chi connectivity index (χ4v) is 3.01. The average Bonchev–Trinajstić information content (AvgIpc) is 2.46. The summed E-state index contributed by atoms with van der Waals surface area (Å²) >= 11 is 0. The van der Waals surface area contributed by atoms with Gasteiger partial charge in [-0.2, -0.15) is 0 Å². The van der Waals surface area contributed by atoms with Crippen LogP contribution < -0.4 is 9.64 Å². The monoisotopic (exact) mass is 276 g/mol. The summed E-state index contributed by atoms with van der Waals surface area (Å²) in [6.45, 7) is 11.6. The molecule has 1 aliphatic rings. The van der Waals surface area contributed by atoms with E-state index in [0.717, 1.165) is 24.7 Å². The molecule has 0 aliphatic carbocycles. The van der Waals surface area contributed by atoms with Gasteiger partial charge in [0.1, 0.15) is 5.75 Å². The van der Waals surface area contributed by atoms with Crippen LogP contribution in [0, 0.1) is 5.92 Å². The minimum absolute atomic E-state index is 0.528. The Balaban J connectivity index is 1.71. The standard InChI is InChI=1S/C18H29NO/c1-15(2)17-7-4-5-8-18(17)20-14-6-11-19-12-9-16(3)10-13-19/h4-5,7-8,15-16H,6,9-14H2,1-3H3/p+1. The molecule has 1 aliphatic heterocycles. The van der Waals surface area contributed by atoms with Crippen LogP contribution in [0.25, 0.3) is 0 Å². The first-order chi connectivity index (χ1) is 9.66. The predicted octanol–water partition coefficient (Wildman–Crippen LogP) is 2.89. The third-order valence-electron chi connectivity index (χ3n) is 4.45. The molecule has 0 atom stereocenters. The van der Waals surface area contributed by atoms with Crippen molar-refractivity contribution in [2.24, 2.45) is 5.92 Å². The maximum Gasteiger partial charge on any atom is 0.122 e. The number of ether oxygens (including phenoxy) is 1. The molecule has 1 heterocycles. The largest absolute Gasteiger partial charge is 0.493 e. The third kappa shape index (κ3) is 4.52. The molecule has 2 nitrogen and oxygen atoms in total. The van der Waals surface area contributed by atoms with E-state index in [1.807, 2.05) is 0 Å². The highest BCUT2D eigenvalue weighted by Crippen LogP contribution is 2.25.